The maximum absolute atomic E-state index is 12.7. The summed E-state index contributed by atoms with van der Waals surface area (Å²) in [7, 11) is -3.50. The van der Waals surface area contributed by atoms with E-state index in [9.17, 15) is 13.2 Å². The van der Waals surface area contributed by atoms with Crippen molar-refractivity contribution in [1.82, 2.24) is 4.31 Å². The van der Waals surface area contributed by atoms with Crippen LogP contribution >= 0.6 is 11.3 Å². The lowest BCUT2D eigenvalue weighted by molar-refractivity contribution is -0.120. The largest absolute Gasteiger partial charge is 0.326 e. The van der Waals surface area contributed by atoms with Crippen LogP contribution in [-0.2, 0) is 14.8 Å². The molecule has 1 fully saturated rings. The highest BCUT2D eigenvalue weighted by Gasteiger charge is 2.33. The number of hydrogen-bond donors (Lipinski definition) is 1. The predicted octanol–water partition coefficient (Wildman–Crippen LogP) is 3.91. The Morgan fingerprint density at radius 3 is 2.77 bits per heavy atom. The SMILES string of the molecule is CC(C)c1cccc(NC(=O)C2CCCN(S(=O)(=O)c3cccs3)C2)c1. The molecule has 1 aliphatic rings. The monoisotopic (exact) mass is 392 g/mol. The summed E-state index contributed by atoms with van der Waals surface area (Å²) in [6.45, 7) is 4.91. The zero-order chi connectivity index (χ0) is 18.7. The molecule has 5 nitrogen and oxygen atoms in total. The number of rotatable bonds is 5. The number of anilines is 1. The van der Waals surface area contributed by atoms with Crippen molar-refractivity contribution in [1.29, 1.82) is 0 Å². The highest BCUT2D eigenvalue weighted by Crippen LogP contribution is 2.27. The van der Waals surface area contributed by atoms with E-state index < -0.39 is 10.0 Å². The molecular weight excluding hydrogens is 368 g/mol. The Balaban J connectivity index is 1.70. The molecule has 0 bridgehead atoms. The smallest absolute Gasteiger partial charge is 0.252 e. The maximum atomic E-state index is 12.7. The molecule has 0 spiro atoms. The van der Waals surface area contributed by atoms with E-state index in [4.69, 9.17) is 0 Å². The van der Waals surface area contributed by atoms with Crippen LogP contribution in [0.3, 0.4) is 0 Å². The summed E-state index contributed by atoms with van der Waals surface area (Å²) in [4.78, 5) is 12.7. The molecule has 1 aromatic carbocycles. The summed E-state index contributed by atoms with van der Waals surface area (Å²) in [5.74, 6) is -0.0638. The minimum absolute atomic E-state index is 0.114. The van der Waals surface area contributed by atoms with Gasteiger partial charge in [0.25, 0.3) is 10.0 Å². The quantitative estimate of drug-likeness (QED) is 0.839. The first kappa shape index (κ1) is 19.1. The number of nitrogens with zero attached hydrogens (tertiary/aromatic N) is 1. The van der Waals surface area contributed by atoms with Crippen molar-refractivity contribution < 1.29 is 13.2 Å². The summed E-state index contributed by atoms with van der Waals surface area (Å²) < 4.78 is 27.2. The van der Waals surface area contributed by atoms with E-state index in [1.807, 2.05) is 24.3 Å². The van der Waals surface area contributed by atoms with Gasteiger partial charge in [0.1, 0.15) is 4.21 Å². The Labute approximate surface area is 159 Å². The van der Waals surface area contributed by atoms with E-state index in [1.165, 1.54) is 15.6 Å². The van der Waals surface area contributed by atoms with E-state index in [1.54, 1.807) is 17.5 Å². The second-order valence-corrected chi connectivity index (χ2v) is 10.0. The first-order valence-electron chi connectivity index (χ1n) is 8.82. The second-order valence-electron chi connectivity index (χ2n) is 6.90. The molecule has 0 saturated carbocycles. The Morgan fingerprint density at radius 2 is 2.08 bits per heavy atom. The highest BCUT2D eigenvalue weighted by molar-refractivity contribution is 7.91. The zero-order valence-electron chi connectivity index (χ0n) is 15.0. The van der Waals surface area contributed by atoms with E-state index in [-0.39, 0.29) is 18.4 Å². The molecule has 2 aromatic rings. The summed E-state index contributed by atoms with van der Waals surface area (Å²) in [6, 6.07) is 11.2. The van der Waals surface area contributed by atoms with Gasteiger partial charge in [-0.3, -0.25) is 4.79 Å². The van der Waals surface area contributed by atoms with Gasteiger partial charge in [-0.25, -0.2) is 8.42 Å². The number of piperidine rings is 1. The predicted molar refractivity (Wildman–Crippen MR) is 105 cm³/mol. The summed E-state index contributed by atoms with van der Waals surface area (Å²) in [5.41, 5.74) is 1.92. The topological polar surface area (TPSA) is 66.5 Å². The van der Waals surface area contributed by atoms with Crippen LogP contribution in [0.25, 0.3) is 0 Å². The second kappa shape index (κ2) is 7.90. The van der Waals surface area contributed by atoms with Gasteiger partial charge in [-0.15, -0.1) is 11.3 Å². The van der Waals surface area contributed by atoms with E-state index in [2.05, 4.69) is 19.2 Å². The fourth-order valence-electron chi connectivity index (χ4n) is 3.13. The molecule has 1 unspecified atom stereocenters. The van der Waals surface area contributed by atoms with Crippen molar-refractivity contribution in [2.45, 2.75) is 36.8 Å². The lowest BCUT2D eigenvalue weighted by atomic mass is 9.98. The highest BCUT2D eigenvalue weighted by atomic mass is 32.2. The first-order chi connectivity index (χ1) is 12.4. The van der Waals surface area contributed by atoms with Crippen molar-refractivity contribution in [2.24, 2.45) is 5.92 Å². The fourth-order valence-corrected chi connectivity index (χ4v) is 5.80. The van der Waals surface area contributed by atoms with Gasteiger partial charge >= 0.3 is 0 Å². The summed E-state index contributed by atoms with van der Waals surface area (Å²) in [5, 5.41) is 4.71. The normalized spacial score (nSPS) is 18.8. The third-order valence-corrected chi connectivity index (χ3v) is 7.90. The fraction of sp³-hybridized carbons (Fsp3) is 0.421. The number of hydrogen-bond acceptors (Lipinski definition) is 4. The third kappa shape index (κ3) is 4.16. The standard InChI is InChI=1S/C19H24N2O3S2/c1-14(2)15-6-3-8-17(12-15)20-19(22)16-7-4-10-21(13-16)26(23,24)18-9-5-11-25-18/h3,5-6,8-9,11-12,14,16H,4,7,10,13H2,1-2H3,(H,20,22). The van der Waals surface area contributed by atoms with Crippen molar-refractivity contribution in [3.8, 4) is 0 Å². The Bertz CT molecular complexity index is 861. The van der Waals surface area contributed by atoms with Crippen LogP contribution in [-0.4, -0.2) is 31.7 Å². The molecule has 1 saturated heterocycles. The van der Waals surface area contributed by atoms with E-state index >= 15 is 0 Å². The molecule has 0 aliphatic carbocycles. The average molecular weight is 393 g/mol. The van der Waals surface area contributed by atoms with Crippen LogP contribution in [0, 0.1) is 5.92 Å². The maximum Gasteiger partial charge on any atom is 0.252 e. The van der Waals surface area contributed by atoms with E-state index in [0.29, 0.717) is 29.5 Å². The van der Waals surface area contributed by atoms with Gasteiger partial charge in [-0.2, -0.15) is 4.31 Å². The Kier molecular flexibility index (Phi) is 5.79. The molecule has 0 radical (unpaired) electrons. The zero-order valence-corrected chi connectivity index (χ0v) is 16.6. The number of carbonyl (C=O) groups is 1. The molecule has 1 atom stereocenters. The minimum Gasteiger partial charge on any atom is -0.326 e. The molecule has 1 aliphatic heterocycles. The van der Waals surface area contributed by atoms with Crippen molar-refractivity contribution in [2.75, 3.05) is 18.4 Å². The molecule has 140 valence electrons. The molecule has 26 heavy (non-hydrogen) atoms. The first-order valence-corrected chi connectivity index (χ1v) is 11.1. The van der Waals surface area contributed by atoms with Gasteiger partial charge in [0.05, 0.1) is 5.92 Å². The van der Waals surface area contributed by atoms with Gasteiger partial charge in [-0.05, 0) is 47.9 Å². The van der Waals surface area contributed by atoms with Gasteiger partial charge < -0.3 is 5.32 Å². The average Bonchev–Trinajstić information content (AvgIpc) is 3.17. The number of sulfonamides is 1. The minimum atomic E-state index is -3.50. The number of carbonyl (C=O) groups excluding carboxylic acids is 1. The number of thiophene rings is 1. The molecule has 2 heterocycles. The molecule has 3 rings (SSSR count). The Morgan fingerprint density at radius 1 is 1.27 bits per heavy atom. The number of benzene rings is 1. The Hall–Kier alpha value is -1.70. The number of nitrogens with one attached hydrogen (secondary N) is 1. The van der Waals surface area contributed by atoms with Crippen LogP contribution in [0.1, 0.15) is 38.2 Å². The molecule has 1 N–H and O–H groups in total. The van der Waals surface area contributed by atoms with Gasteiger partial charge in [0, 0.05) is 18.8 Å². The van der Waals surface area contributed by atoms with Crippen LogP contribution in [0.5, 0.6) is 0 Å². The van der Waals surface area contributed by atoms with Gasteiger partial charge in [0.15, 0.2) is 0 Å². The molecule has 1 aromatic heterocycles. The van der Waals surface area contributed by atoms with Crippen LogP contribution < -0.4 is 5.32 Å². The molecule has 1 amide bonds. The van der Waals surface area contributed by atoms with Gasteiger partial charge in [0.2, 0.25) is 5.91 Å². The van der Waals surface area contributed by atoms with Crippen LogP contribution in [0.15, 0.2) is 46.0 Å². The molecular formula is C19H24N2O3S2. The van der Waals surface area contributed by atoms with Crippen molar-refractivity contribution in [3.63, 3.8) is 0 Å². The third-order valence-electron chi connectivity index (χ3n) is 4.66. The lowest BCUT2D eigenvalue weighted by Crippen LogP contribution is -2.43. The van der Waals surface area contributed by atoms with Gasteiger partial charge in [-0.1, -0.05) is 32.0 Å². The summed E-state index contributed by atoms with van der Waals surface area (Å²) in [6.07, 6.45) is 1.39. The van der Waals surface area contributed by atoms with Crippen molar-refractivity contribution in [3.05, 3.63) is 47.3 Å². The lowest BCUT2D eigenvalue weighted by Gasteiger charge is -2.30. The summed E-state index contributed by atoms with van der Waals surface area (Å²) >= 11 is 1.21. The molecule has 7 heteroatoms. The van der Waals surface area contributed by atoms with Crippen LogP contribution in [0.4, 0.5) is 5.69 Å². The number of amides is 1. The van der Waals surface area contributed by atoms with Crippen LogP contribution in [0.2, 0.25) is 0 Å². The van der Waals surface area contributed by atoms with E-state index in [0.717, 1.165) is 11.3 Å². The van der Waals surface area contributed by atoms with Crippen molar-refractivity contribution >= 4 is 33.0 Å².